The van der Waals surface area contributed by atoms with E-state index in [-0.39, 0.29) is 36.6 Å². The largest absolute Gasteiger partial charge is 0.353 e. The third kappa shape index (κ3) is 6.46. The van der Waals surface area contributed by atoms with Crippen LogP contribution in [0, 0.1) is 5.92 Å². The van der Waals surface area contributed by atoms with Gasteiger partial charge in [-0.15, -0.1) is 24.8 Å². The smallest absolute Gasteiger partial charge is 0.224 e. The highest BCUT2D eigenvalue weighted by atomic mass is 35.5. The van der Waals surface area contributed by atoms with Gasteiger partial charge in [0.05, 0.1) is 16.0 Å². The Balaban J connectivity index is 0.00000156. The van der Waals surface area contributed by atoms with Crippen LogP contribution in [-0.2, 0) is 11.3 Å². The Morgan fingerprint density at radius 2 is 1.88 bits per heavy atom. The number of nitrogens with one attached hydrogen (secondary N) is 2. The fourth-order valence-electron chi connectivity index (χ4n) is 3.33. The quantitative estimate of drug-likeness (QED) is 0.770. The van der Waals surface area contributed by atoms with Crippen molar-refractivity contribution in [1.82, 2.24) is 15.5 Å². The molecule has 1 aromatic carbocycles. The van der Waals surface area contributed by atoms with Crippen molar-refractivity contribution >= 4 is 53.9 Å². The first-order valence-corrected chi connectivity index (χ1v) is 9.05. The number of amides is 1. The normalized spacial score (nSPS) is 21.3. The van der Waals surface area contributed by atoms with Crippen LogP contribution in [0.1, 0.15) is 24.8 Å². The van der Waals surface area contributed by atoms with Gasteiger partial charge in [-0.2, -0.15) is 0 Å². The zero-order valence-corrected chi connectivity index (χ0v) is 17.1. The molecular weight excluding hydrogens is 404 g/mol. The standard InChI is InChI=1S/C17H23Cl2N3O.2ClH/c18-15-2-1-12(9-16(15)19)11-22-7-4-14(5-8-22)21-17(23)13-3-6-20-10-13;;/h1-2,9,13-14,20H,3-8,10-11H2,(H,21,23);2*1H. The van der Waals surface area contributed by atoms with Gasteiger partial charge in [0, 0.05) is 32.2 Å². The van der Waals surface area contributed by atoms with Gasteiger partial charge in [0.15, 0.2) is 0 Å². The second-order valence-electron chi connectivity index (χ2n) is 6.50. The minimum Gasteiger partial charge on any atom is -0.353 e. The van der Waals surface area contributed by atoms with Crippen LogP contribution in [0.4, 0.5) is 0 Å². The van der Waals surface area contributed by atoms with Crippen molar-refractivity contribution < 1.29 is 4.79 Å². The van der Waals surface area contributed by atoms with E-state index in [4.69, 9.17) is 23.2 Å². The van der Waals surface area contributed by atoms with Crippen molar-refractivity contribution in [1.29, 1.82) is 0 Å². The average Bonchev–Trinajstić information content (AvgIpc) is 3.07. The van der Waals surface area contributed by atoms with Crippen LogP contribution < -0.4 is 10.6 Å². The Bertz CT molecular complexity index is 559. The maximum Gasteiger partial charge on any atom is 0.224 e. The van der Waals surface area contributed by atoms with E-state index in [2.05, 4.69) is 15.5 Å². The lowest BCUT2D eigenvalue weighted by molar-refractivity contribution is -0.125. The third-order valence-corrected chi connectivity index (χ3v) is 5.49. The summed E-state index contributed by atoms with van der Waals surface area (Å²) < 4.78 is 0. The van der Waals surface area contributed by atoms with Gasteiger partial charge in [-0.25, -0.2) is 0 Å². The van der Waals surface area contributed by atoms with Gasteiger partial charge in [0.25, 0.3) is 0 Å². The highest BCUT2D eigenvalue weighted by Gasteiger charge is 2.26. The predicted molar refractivity (Wildman–Crippen MR) is 108 cm³/mol. The van der Waals surface area contributed by atoms with Crippen molar-refractivity contribution in [2.75, 3.05) is 26.2 Å². The van der Waals surface area contributed by atoms with Gasteiger partial charge in [0.1, 0.15) is 0 Å². The first-order chi connectivity index (χ1) is 11.1. The Morgan fingerprint density at radius 1 is 1.16 bits per heavy atom. The molecule has 1 aromatic rings. The molecule has 0 spiro atoms. The van der Waals surface area contributed by atoms with Crippen LogP contribution in [0.15, 0.2) is 18.2 Å². The number of halogens is 4. The van der Waals surface area contributed by atoms with Gasteiger partial charge in [-0.05, 0) is 43.5 Å². The fraction of sp³-hybridized carbons (Fsp3) is 0.588. The summed E-state index contributed by atoms with van der Waals surface area (Å²) in [4.78, 5) is 14.6. The molecule has 3 rings (SSSR count). The molecule has 2 N–H and O–H groups in total. The topological polar surface area (TPSA) is 44.4 Å². The van der Waals surface area contributed by atoms with E-state index < -0.39 is 0 Å². The number of nitrogens with zero attached hydrogens (tertiary/aromatic N) is 1. The summed E-state index contributed by atoms with van der Waals surface area (Å²) in [7, 11) is 0. The molecule has 2 aliphatic heterocycles. The first-order valence-electron chi connectivity index (χ1n) is 8.29. The van der Waals surface area contributed by atoms with Gasteiger partial charge < -0.3 is 10.6 Å². The third-order valence-electron chi connectivity index (χ3n) is 4.76. The second kappa shape index (κ2) is 10.8. The predicted octanol–water partition coefficient (Wildman–Crippen LogP) is 3.53. The SMILES string of the molecule is Cl.Cl.O=C(NC1CCN(Cc2ccc(Cl)c(Cl)c2)CC1)C1CCNC1. The van der Waals surface area contributed by atoms with Gasteiger partial charge in [-0.3, -0.25) is 9.69 Å². The van der Waals surface area contributed by atoms with Crippen LogP contribution in [0.5, 0.6) is 0 Å². The Kier molecular flexibility index (Phi) is 9.86. The zero-order chi connectivity index (χ0) is 16.2. The first kappa shape index (κ1) is 22.8. The summed E-state index contributed by atoms with van der Waals surface area (Å²) >= 11 is 12.0. The number of hydrogen-bond acceptors (Lipinski definition) is 3. The summed E-state index contributed by atoms with van der Waals surface area (Å²) in [6, 6.07) is 6.12. The molecule has 1 amide bonds. The number of carbonyl (C=O) groups is 1. The van der Waals surface area contributed by atoms with E-state index in [1.807, 2.05) is 18.2 Å². The van der Waals surface area contributed by atoms with Crippen LogP contribution in [0.25, 0.3) is 0 Å². The van der Waals surface area contributed by atoms with E-state index in [1.54, 1.807) is 0 Å². The molecule has 0 bridgehead atoms. The molecule has 142 valence electrons. The molecule has 0 aromatic heterocycles. The average molecular weight is 429 g/mol. The number of carbonyl (C=O) groups excluding carboxylic acids is 1. The molecule has 4 nitrogen and oxygen atoms in total. The summed E-state index contributed by atoms with van der Waals surface area (Å²) in [5, 5.41) is 7.67. The Hall–Kier alpha value is -0.230. The van der Waals surface area contributed by atoms with Crippen molar-refractivity contribution in [3.8, 4) is 0 Å². The van der Waals surface area contributed by atoms with Crippen molar-refractivity contribution in [3.63, 3.8) is 0 Å². The lowest BCUT2D eigenvalue weighted by Gasteiger charge is -2.32. The minimum atomic E-state index is 0. The molecule has 2 fully saturated rings. The molecule has 25 heavy (non-hydrogen) atoms. The lowest BCUT2D eigenvalue weighted by Crippen LogP contribution is -2.46. The van der Waals surface area contributed by atoms with Crippen molar-refractivity contribution in [3.05, 3.63) is 33.8 Å². The second-order valence-corrected chi connectivity index (χ2v) is 7.31. The van der Waals surface area contributed by atoms with Crippen molar-refractivity contribution in [2.24, 2.45) is 5.92 Å². The molecule has 0 saturated carbocycles. The molecule has 2 aliphatic rings. The Morgan fingerprint density at radius 3 is 2.48 bits per heavy atom. The van der Waals surface area contributed by atoms with E-state index in [1.165, 1.54) is 5.56 Å². The highest BCUT2D eigenvalue weighted by Crippen LogP contribution is 2.24. The van der Waals surface area contributed by atoms with Crippen LogP contribution in [0.2, 0.25) is 10.0 Å². The van der Waals surface area contributed by atoms with Crippen LogP contribution in [0.3, 0.4) is 0 Å². The van der Waals surface area contributed by atoms with Crippen molar-refractivity contribution in [2.45, 2.75) is 31.8 Å². The molecule has 2 heterocycles. The Labute approximate surface area is 171 Å². The maximum absolute atomic E-state index is 12.2. The molecule has 0 aliphatic carbocycles. The monoisotopic (exact) mass is 427 g/mol. The van der Waals surface area contributed by atoms with Crippen LogP contribution in [-0.4, -0.2) is 43.0 Å². The van der Waals surface area contributed by atoms with Crippen LogP contribution >= 0.6 is 48.0 Å². The number of hydrogen-bond donors (Lipinski definition) is 2. The number of piperidine rings is 1. The minimum absolute atomic E-state index is 0. The molecular formula is C17H25Cl4N3O. The molecule has 1 atom stereocenters. The summed E-state index contributed by atoms with van der Waals surface area (Å²) in [6.45, 7) is 4.65. The molecule has 0 radical (unpaired) electrons. The summed E-state index contributed by atoms with van der Waals surface area (Å²) in [5.74, 6) is 0.377. The zero-order valence-electron chi connectivity index (χ0n) is 14.0. The number of benzene rings is 1. The van der Waals surface area contributed by atoms with E-state index in [0.29, 0.717) is 16.1 Å². The molecule has 8 heteroatoms. The van der Waals surface area contributed by atoms with E-state index in [9.17, 15) is 4.79 Å². The maximum atomic E-state index is 12.2. The summed E-state index contributed by atoms with van der Waals surface area (Å²) in [5.41, 5.74) is 1.18. The van der Waals surface area contributed by atoms with Gasteiger partial charge in [-0.1, -0.05) is 29.3 Å². The molecule has 1 unspecified atom stereocenters. The number of likely N-dealkylation sites (tertiary alicyclic amines) is 1. The summed E-state index contributed by atoms with van der Waals surface area (Å²) in [6.07, 6.45) is 2.97. The molecule has 2 saturated heterocycles. The fourth-order valence-corrected chi connectivity index (χ4v) is 3.65. The van der Waals surface area contributed by atoms with Gasteiger partial charge >= 0.3 is 0 Å². The lowest BCUT2D eigenvalue weighted by atomic mass is 10.0. The number of rotatable bonds is 4. The highest BCUT2D eigenvalue weighted by molar-refractivity contribution is 6.42. The van der Waals surface area contributed by atoms with E-state index in [0.717, 1.165) is 52.0 Å². The van der Waals surface area contributed by atoms with Gasteiger partial charge in [0.2, 0.25) is 5.91 Å². The van der Waals surface area contributed by atoms with E-state index >= 15 is 0 Å².